The third kappa shape index (κ3) is 2.10. The van der Waals surface area contributed by atoms with Crippen LogP contribution in [0.15, 0.2) is 12.1 Å². The first kappa shape index (κ1) is 12.6. The number of carbonyl (C=O) groups is 2. The predicted octanol–water partition coefficient (Wildman–Crippen LogP) is 2.23. The van der Waals surface area contributed by atoms with Crippen LogP contribution in [0.1, 0.15) is 35.4 Å². The van der Waals surface area contributed by atoms with E-state index in [1.165, 1.54) is 0 Å². The number of rotatable bonds is 2. The van der Waals surface area contributed by atoms with Crippen LogP contribution in [0.5, 0.6) is 0 Å². The van der Waals surface area contributed by atoms with Crippen molar-refractivity contribution in [3.63, 3.8) is 0 Å². The van der Waals surface area contributed by atoms with Crippen LogP contribution in [0.25, 0.3) is 0 Å². The zero-order chi connectivity index (χ0) is 13.4. The van der Waals surface area contributed by atoms with Crippen molar-refractivity contribution in [2.24, 2.45) is 0 Å². The molecule has 18 heavy (non-hydrogen) atoms. The van der Waals surface area contributed by atoms with Gasteiger partial charge in [-0.2, -0.15) is 0 Å². The number of hydrogen-bond donors (Lipinski definition) is 1. The number of hydrogen-bond acceptors (Lipinski definition) is 2. The Kier molecular flexibility index (Phi) is 3.11. The second-order valence-corrected chi connectivity index (χ2v) is 4.97. The maximum atomic E-state index is 11.9. The van der Waals surface area contributed by atoms with Crippen LogP contribution in [0.4, 0.5) is 5.69 Å². The maximum absolute atomic E-state index is 11.9. The Balaban J connectivity index is 2.55. The first-order valence-corrected chi connectivity index (χ1v) is 5.99. The summed E-state index contributed by atoms with van der Waals surface area (Å²) in [6.45, 7) is 3.96. The Morgan fingerprint density at radius 1 is 1.44 bits per heavy atom. The fourth-order valence-electron chi connectivity index (χ4n) is 2.73. The van der Waals surface area contributed by atoms with Gasteiger partial charge in [-0.3, -0.25) is 9.59 Å². The molecule has 0 spiro atoms. The van der Waals surface area contributed by atoms with E-state index in [0.717, 1.165) is 22.4 Å². The van der Waals surface area contributed by atoms with Gasteiger partial charge in [0.2, 0.25) is 5.91 Å². The molecule has 1 amide bonds. The van der Waals surface area contributed by atoms with E-state index in [1.54, 1.807) is 11.9 Å². The lowest BCUT2D eigenvalue weighted by molar-refractivity contribution is -0.137. The predicted molar refractivity (Wildman–Crippen MR) is 68.9 cm³/mol. The fourth-order valence-corrected chi connectivity index (χ4v) is 2.73. The molecule has 0 saturated carbocycles. The molecule has 0 radical (unpaired) electrons. The van der Waals surface area contributed by atoms with Crippen molar-refractivity contribution in [2.75, 3.05) is 11.9 Å². The van der Waals surface area contributed by atoms with E-state index in [-0.39, 0.29) is 24.7 Å². The van der Waals surface area contributed by atoms with E-state index in [2.05, 4.69) is 0 Å². The Labute approximate surface area is 106 Å². The quantitative estimate of drug-likeness (QED) is 0.871. The largest absolute Gasteiger partial charge is 0.481 e. The average Bonchev–Trinajstić information content (AvgIpc) is 2.23. The monoisotopic (exact) mass is 247 g/mol. The molecule has 96 valence electrons. The van der Waals surface area contributed by atoms with Crippen LogP contribution < -0.4 is 4.90 Å². The molecule has 1 atom stereocenters. The minimum absolute atomic E-state index is 0.0104. The van der Waals surface area contributed by atoms with E-state index < -0.39 is 5.97 Å². The summed E-state index contributed by atoms with van der Waals surface area (Å²) >= 11 is 0. The third-order valence-electron chi connectivity index (χ3n) is 3.50. The van der Waals surface area contributed by atoms with Crippen molar-refractivity contribution in [1.29, 1.82) is 0 Å². The van der Waals surface area contributed by atoms with Gasteiger partial charge in [-0.25, -0.2) is 0 Å². The first-order valence-electron chi connectivity index (χ1n) is 5.99. The molecule has 0 saturated heterocycles. The summed E-state index contributed by atoms with van der Waals surface area (Å²) in [5, 5.41) is 8.96. The van der Waals surface area contributed by atoms with Crippen molar-refractivity contribution in [3.05, 3.63) is 28.8 Å². The highest BCUT2D eigenvalue weighted by Crippen LogP contribution is 2.39. The summed E-state index contributed by atoms with van der Waals surface area (Å²) in [6, 6.07) is 3.99. The highest BCUT2D eigenvalue weighted by Gasteiger charge is 2.31. The van der Waals surface area contributed by atoms with Crippen LogP contribution in [-0.4, -0.2) is 24.0 Å². The summed E-state index contributed by atoms with van der Waals surface area (Å²) in [5.74, 6) is -1.08. The van der Waals surface area contributed by atoms with Gasteiger partial charge in [-0.1, -0.05) is 6.07 Å². The second kappa shape index (κ2) is 4.44. The fraction of sp³-hybridized carbons (Fsp3) is 0.429. The SMILES string of the molecule is Cc1cc(C)c2c(c1)N(C)C(=O)CC2CC(=O)O. The lowest BCUT2D eigenvalue weighted by Gasteiger charge is -2.32. The number of carbonyl (C=O) groups excluding carboxylic acids is 1. The van der Waals surface area contributed by atoms with Crippen LogP contribution in [-0.2, 0) is 9.59 Å². The molecule has 4 heteroatoms. The molecule has 1 aromatic rings. The summed E-state index contributed by atoms with van der Waals surface area (Å²) in [6.07, 6.45) is 0.288. The third-order valence-corrected chi connectivity index (χ3v) is 3.50. The minimum atomic E-state index is -0.858. The van der Waals surface area contributed by atoms with E-state index in [9.17, 15) is 9.59 Å². The number of carboxylic acid groups (broad SMARTS) is 1. The van der Waals surface area contributed by atoms with Gasteiger partial charge in [0.05, 0.1) is 6.42 Å². The van der Waals surface area contributed by atoms with Gasteiger partial charge in [0, 0.05) is 25.1 Å². The average molecular weight is 247 g/mol. The van der Waals surface area contributed by atoms with E-state index in [1.807, 2.05) is 26.0 Å². The van der Waals surface area contributed by atoms with Crippen LogP contribution in [0.2, 0.25) is 0 Å². The van der Waals surface area contributed by atoms with Crippen molar-refractivity contribution in [1.82, 2.24) is 0 Å². The number of benzene rings is 1. The zero-order valence-electron chi connectivity index (χ0n) is 10.9. The summed E-state index contributed by atoms with van der Waals surface area (Å²) < 4.78 is 0. The summed E-state index contributed by atoms with van der Waals surface area (Å²) in [5.41, 5.74) is 4.01. The number of aliphatic carboxylic acids is 1. The molecule has 0 aliphatic carbocycles. The molecule has 0 fully saturated rings. The van der Waals surface area contributed by atoms with E-state index in [4.69, 9.17) is 5.11 Å². The molecule has 1 unspecified atom stereocenters. The first-order chi connectivity index (χ1) is 8.40. The molecule has 1 aliphatic heterocycles. The van der Waals surface area contributed by atoms with Gasteiger partial charge in [0.15, 0.2) is 0 Å². The Morgan fingerprint density at radius 2 is 2.11 bits per heavy atom. The van der Waals surface area contributed by atoms with Crippen molar-refractivity contribution in [2.45, 2.75) is 32.6 Å². The van der Waals surface area contributed by atoms with E-state index in [0.29, 0.717) is 0 Å². The van der Waals surface area contributed by atoms with E-state index >= 15 is 0 Å². The molecule has 0 aromatic heterocycles. The van der Waals surface area contributed by atoms with Gasteiger partial charge in [0.1, 0.15) is 0 Å². The molecule has 2 rings (SSSR count). The molecular formula is C14H17NO3. The molecule has 1 heterocycles. The van der Waals surface area contributed by atoms with Gasteiger partial charge < -0.3 is 10.0 Å². The van der Waals surface area contributed by atoms with Crippen molar-refractivity contribution in [3.8, 4) is 0 Å². The molecular weight excluding hydrogens is 230 g/mol. The molecule has 1 N–H and O–H groups in total. The van der Waals surface area contributed by atoms with Gasteiger partial charge in [-0.05, 0) is 36.6 Å². The highest BCUT2D eigenvalue weighted by atomic mass is 16.4. The standard InChI is InChI=1S/C14H17NO3/c1-8-4-9(2)14-10(7-13(17)18)6-12(16)15(3)11(14)5-8/h4-5,10H,6-7H2,1-3H3,(H,17,18). The number of amides is 1. The maximum Gasteiger partial charge on any atom is 0.303 e. The molecule has 4 nitrogen and oxygen atoms in total. The van der Waals surface area contributed by atoms with Crippen molar-refractivity contribution < 1.29 is 14.7 Å². The van der Waals surface area contributed by atoms with Gasteiger partial charge >= 0.3 is 5.97 Å². The lowest BCUT2D eigenvalue weighted by atomic mass is 9.83. The highest BCUT2D eigenvalue weighted by molar-refractivity contribution is 5.97. The van der Waals surface area contributed by atoms with Crippen molar-refractivity contribution >= 4 is 17.6 Å². The topological polar surface area (TPSA) is 57.6 Å². The summed E-state index contributed by atoms with van der Waals surface area (Å²) in [4.78, 5) is 24.5. The smallest absolute Gasteiger partial charge is 0.303 e. The Morgan fingerprint density at radius 3 is 2.72 bits per heavy atom. The van der Waals surface area contributed by atoms with Crippen LogP contribution in [0.3, 0.4) is 0 Å². The molecule has 1 aromatic carbocycles. The number of carboxylic acids is 1. The number of aryl methyl sites for hydroxylation is 2. The Hall–Kier alpha value is -1.84. The number of anilines is 1. The Bertz CT molecular complexity index is 522. The summed E-state index contributed by atoms with van der Waals surface area (Å²) in [7, 11) is 1.75. The number of nitrogens with zero attached hydrogens (tertiary/aromatic N) is 1. The van der Waals surface area contributed by atoms with Gasteiger partial charge in [0.25, 0.3) is 0 Å². The normalized spacial score (nSPS) is 18.7. The zero-order valence-corrected chi connectivity index (χ0v) is 10.9. The lowest BCUT2D eigenvalue weighted by Crippen LogP contribution is -2.34. The number of fused-ring (bicyclic) bond motifs is 1. The minimum Gasteiger partial charge on any atom is -0.481 e. The molecule has 0 bridgehead atoms. The van der Waals surface area contributed by atoms with Gasteiger partial charge in [-0.15, -0.1) is 0 Å². The second-order valence-electron chi connectivity index (χ2n) is 4.97. The molecule has 1 aliphatic rings. The van der Waals surface area contributed by atoms with Crippen LogP contribution >= 0.6 is 0 Å². The van der Waals surface area contributed by atoms with Crippen LogP contribution in [0, 0.1) is 13.8 Å².